The van der Waals surface area contributed by atoms with Crippen molar-refractivity contribution in [2.75, 3.05) is 0 Å². The van der Waals surface area contributed by atoms with E-state index in [4.69, 9.17) is 11.6 Å². The number of carbonyl (C=O) groups is 1. The molecule has 0 N–H and O–H groups in total. The summed E-state index contributed by atoms with van der Waals surface area (Å²) in [6.07, 6.45) is 4.34. The fourth-order valence-electron chi connectivity index (χ4n) is 1.89. The molecule has 1 aliphatic carbocycles. The van der Waals surface area contributed by atoms with Gasteiger partial charge in [0, 0.05) is 5.92 Å². The van der Waals surface area contributed by atoms with Crippen LogP contribution in [0.4, 0.5) is 0 Å². The van der Waals surface area contributed by atoms with Gasteiger partial charge in [0.2, 0.25) is 5.24 Å². The first-order valence-electron chi connectivity index (χ1n) is 4.21. The SMILES string of the molecule is CC1(C)CCCC(C(=O)Cl)C1. The molecule has 0 saturated heterocycles. The molecule has 1 rings (SSSR count). The highest BCUT2D eigenvalue weighted by atomic mass is 35.5. The molecule has 1 saturated carbocycles. The van der Waals surface area contributed by atoms with E-state index in [0.29, 0.717) is 5.41 Å². The second-order valence-electron chi connectivity index (χ2n) is 4.26. The van der Waals surface area contributed by atoms with Crippen molar-refractivity contribution in [3.63, 3.8) is 0 Å². The van der Waals surface area contributed by atoms with E-state index in [1.165, 1.54) is 6.42 Å². The molecule has 0 aromatic heterocycles. The average Bonchev–Trinajstić information content (AvgIpc) is 1.85. The van der Waals surface area contributed by atoms with Gasteiger partial charge in [-0.15, -0.1) is 0 Å². The highest BCUT2D eigenvalue weighted by Gasteiger charge is 2.30. The van der Waals surface area contributed by atoms with Crippen molar-refractivity contribution >= 4 is 16.8 Å². The second kappa shape index (κ2) is 3.14. The summed E-state index contributed by atoms with van der Waals surface area (Å²) in [5.41, 5.74) is 0.327. The predicted octanol–water partition coefficient (Wildman–Crippen LogP) is 2.97. The van der Waals surface area contributed by atoms with E-state index in [1.54, 1.807) is 0 Å². The summed E-state index contributed by atoms with van der Waals surface area (Å²) < 4.78 is 0. The van der Waals surface area contributed by atoms with Crippen LogP contribution in [-0.2, 0) is 4.79 Å². The minimum absolute atomic E-state index is 0.125. The van der Waals surface area contributed by atoms with Crippen molar-refractivity contribution in [2.24, 2.45) is 11.3 Å². The molecule has 0 aromatic rings. The second-order valence-corrected chi connectivity index (χ2v) is 4.63. The van der Waals surface area contributed by atoms with E-state index in [2.05, 4.69) is 13.8 Å². The van der Waals surface area contributed by atoms with Gasteiger partial charge in [0.25, 0.3) is 0 Å². The minimum atomic E-state index is -0.141. The van der Waals surface area contributed by atoms with E-state index in [9.17, 15) is 4.79 Å². The Morgan fingerprint density at radius 1 is 1.55 bits per heavy atom. The maximum atomic E-state index is 10.9. The zero-order valence-electron chi connectivity index (χ0n) is 7.19. The van der Waals surface area contributed by atoms with Gasteiger partial charge in [0.05, 0.1) is 0 Å². The van der Waals surface area contributed by atoms with Gasteiger partial charge >= 0.3 is 0 Å². The Hall–Kier alpha value is -0.0400. The Balaban J connectivity index is 2.53. The van der Waals surface area contributed by atoms with Crippen molar-refractivity contribution in [2.45, 2.75) is 39.5 Å². The van der Waals surface area contributed by atoms with Gasteiger partial charge < -0.3 is 0 Å². The molecular weight excluding hydrogens is 160 g/mol. The van der Waals surface area contributed by atoms with Gasteiger partial charge in [-0.25, -0.2) is 0 Å². The third-order valence-electron chi connectivity index (χ3n) is 2.53. The molecule has 1 unspecified atom stereocenters. The lowest BCUT2D eigenvalue weighted by Gasteiger charge is -2.33. The van der Waals surface area contributed by atoms with Crippen molar-refractivity contribution in [1.82, 2.24) is 0 Å². The lowest BCUT2D eigenvalue weighted by molar-refractivity contribution is -0.117. The largest absolute Gasteiger partial charge is 0.281 e. The maximum absolute atomic E-state index is 10.9. The molecule has 11 heavy (non-hydrogen) atoms. The molecule has 1 aliphatic rings. The van der Waals surface area contributed by atoms with E-state index >= 15 is 0 Å². The third kappa shape index (κ3) is 2.48. The van der Waals surface area contributed by atoms with Gasteiger partial charge in [0.1, 0.15) is 0 Å². The van der Waals surface area contributed by atoms with Crippen LogP contribution in [0.1, 0.15) is 39.5 Å². The lowest BCUT2D eigenvalue weighted by atomic mass is 9.73. The maximum Gasteiger partial charge on any atom is 0.224 e. The Kier molecular flexibility index (Phi) is 2.58. The topological polar surface area (TPSA) is 17.1 Å². The van der Waals surface area contributed by atoms with Crippen LogP contribution in [0.15, 0.2) is 0 Å². The summed E-state index contributed by atoms with van der Waals surface area (Å²) >= 11 is 5.44. The standard InChI is InChI=1S/C9H15ClO/c1-9(2)5-3-4-7(6-9)8(10)11/h7H,3-6H2,1-2H3. The number of hydrogen-bond donors (Lipinski definition) is 0. The zero-order chi connectivity index (χ0) is 8.48. The quantitative estimate of drug-likeness (QED) is 0.559. The fourth-order valence-corrected chi connectivity index (χ4v) is 2.08. The summed E-state index contributed by atoms with van der Waals surface area (Å²) in [4.78, 5) is 10.9. The molecule has 0 aliphatic heterocycles. The van der Waals surface area contributed by atoms with Gasteiger partial charge in [-0.1, -0.05) is 20.3 Å². The first-order valence-corrected chi connectivity index (χ1v) is 4.58. The zero-order valence-corrected chi connectivity index (χ0v) is 7.95. The van der Waals surface area contributed by atoms with Crippen molar-refractivity contribution in [3.05, 3.63) is 0 Å². The van der Waals surface area contributed by atoms with Crippen molar-refractivity contribution in [3.8, 4) is 0 Å². The number of hydrogen-bond acceptors (Lipinski definition) is 1. The molecule has 2 heteroatoms. The number of carbonyl (C=O) groups excluding carboxylic acids is 1. The van der Waals surface area contributed by atoms with Crippen LogP contribution in [0.25, 0.3) is 0 Å². The van der Waals surface area contributed by atoms with Gasteiger partial charge in [-0.3, -0.25) is 4.79 Å². The highest BCUT2D eigenvalue weighted by molar-refractivity contribution is 6.63. The number of halogens is 1. The molecule has 0 radical (unpaired) electrons. The van der Waals surface area contributed by atoms with E-state index in [1.807, 2.05) is 0 Å². The van der Waals surface area contributed by atoms with Crippen LogP contribution in [0.5, 0.6) is 0 Å². The Morgan fingerprint density at radius 2 is 2.18 bits per heavy atom. The van der Waals surface area contributed by atoms with Crippen molar-refractivity contribution in [1.29, 1.82) is 0 Å². The Morgan fingerprint density at radius 3 is 2.55 bits per heavy atom. The first-order chi connectivity index (χ1) is 5.01. The molecule has 64 valence electrons. The van der Waals surface area contributed by atoms with Gasteiger partial charge in [0.15, 0.2) is 0 Å². The summed E-state index contributed by atoms with van der Waals surface area (Å²) in [7, 11) is 0. The van der Waals surface area contributed by atoms with E-state index < -0.39 is 0 Å². The van der Waals surface area contributed by atoms with Crippen LogP contribution in [-0.4, -0.2) is 5.24 Å². The fraction of sp³-hybridized carbons (Fsp3) is 0.889. The molecule has 0 aromatic carbocycles. The molecule has 0 bridgehead atoms. The van der Waals surface area contributed by atoms with Crippen molar-refractivity contribution < 1.29 is 4.79 Å². The van der Waals surface area contributed by atoms with Crippen LogP contribution < -0.4 is 0 Å². The Bertz CT molecular complexity index is 163. The third-order valence-corrected chi connectivity index (χ3v) is 2.83. The molecule has 0 amide bonds. The molecule has 1 fully saturated rings. The smallest absolute Gasteiger partial charge is 0.224 e. The molecule has 1 nitrogen and oxygen atoms in total. The molecule has 1 atom stereocenters. The predicted molar refractivity (Wildman–Crippen MR) is 46.6 cm³/mol. The van der Waals surface area contributed by atoms with Crippen LogP contribution >= 0.6 is 11.6 Å². The lowest BCUT2D eigenvalue weighted by Crippen LogP contribution is -2.25. The van der Waals surface area contributed by atoms with Crippen LogP contribution in [0, 0.1) is 11.3 Å². The molecular formula is C9H15ClO. The highest BCUT2D eigenvalue weighted by Crippen LogP contribution is 2.39. The van der Waals surface area contributed by atoms with E-state index in [0.717, 1.165) is 19.3 Å². The average molecular weight is 175 g/mol. The first kappa shape index (κ1) is 9.05. The summed E-state index contributed by atoms with van der Waals surface area (Å²) in [5.74, 6) is 0.125. The summed E-state index contributed by atoms with van der Waals surface area (Å²) in [5, 5.41) is -0.141. The summed E-state index contributed by atoms with van der Waals surface area (Å²) in [6.45, 7) is 4.41. The van der Waals surface area contributed by atoms with Gasteiger partial charge in [-0.05, 0) is 36.3 Å². The normalized spacial score (nSPS) is 29.9. The minimum Gasteiger partial charge on any atom is -0.281 e. The van der Waals surface area contributed by atoms with Crippen LogP contribution in [0.2, 0.25) is 0 Å². The summed E-state index contributed by atoms with van der Waals surface area (Å²) in [6, 6.07) is 0. The monoisotopic (exact) mass is 174 g/mol. The molecule has 0 heterocycles. The number of rotatable bonds is 1. The Labute approximate surface area is 73.1 Å². The van der Waals surface area contributed by atoms with Crippen LogP contribution in [0.3, 0.4) is 0 Å². The van der Waals surface area contributed by atoms with Gasteiger partial charge in [-0.2, -0.15) is 0 Å². The molecule has 0 spiro atoms. The van der Waals surface area contributed by atoms with E-state index in [-0.39, 0.29) is 11.2 Å².